The van der Waals surface area contributed by atoms with E-state index >= 15 is 0 Å². The zero-order valence-electron chi connectivity index (χ0n) is 43.7. The first kappa shape index (κ1) is 65.1. The van der Waals surface area contributed by atoms with Crippen LogP contribution in [0.1, 0.15) is 277 Å². The quantitative estimate of drug-likeness (QED) is 0.0163. The first-order valence-corrected chi connectivity index (χ1v) is 30.1. The molecule has 0 saturated heterocycles. The minimum Gasteiger partial charge on any atom is -0.387 e. The van der Waals surface area contributed by atoms with Crippen molar-refractivity contribution in [3.63, 3.8) is 0 Å². The van der Waals surface area contributed by atoms with Crippen LogP contribution in [0.15, 0.2) is 12.2 Å². The summed E-state index contributed by atoms with van der Waals surface area (Å²) in [7, 11) is -5.08. The van der Waals surface area contributed by atoms with Gasteiger partial charge in [0, 0.05) is 6.42 Å². The van der Waals surface area contributed by atoms with Crippen molar-refractivity contribution in [3.8, 4) is 0 Å². The topological polar surface area (TPSA) is 206 Å². The normalized spacial score (nSPS) is 21.6. The number of aliphatic hydroxyl groups is 6. The highest BCUT2D eigenvalue weighted by Crippen LogP contribution is 2.47. The van der Waals surface area contributed by atoms with E-state index in [9.17, 15) is 44.9 Å². The number of carbonyl (C=O) groups is 1. The third-order valence-electron chi connectivity index (χ3n) is 14.1. The van der Waals surface area contributed by atoms with Crippen LogP contribution in [-0.4, -0.2) is 96.8 Å². The highest BCUT2D eigenvalue weighted by molar-refractivity contribution is 7.47. The average Bonchev–Trinajstić information content (AvgIpc) is 3.32. The predicted octanol–water partition coefficient (Wildman–Crippen LogP) is 12.7. The summed E-state index contributed by atoms with van der Waals surface area (Å²) in [5, 5.41) is 64.2. The number of allylic oxidation sites excluding steroid dienone is 1. The molecule has 9 atom stereocenters. The van der Waals surface area contributed by atoms with Crippen molar-refractivity contribution in [1.29, 1.82) is 0 Å². The summed E-state index contributed by atoms with van der Waals surface area (Å²) in [5.41, 5.74) is 0. The number of hydrogen-bond donors (Lipinski definition) is 8. The summed E-state index contributed by atoms with van der Waals surface area (Å²) in [5.74, 6) is -0.335. The number of unbranched alkanes of at least 4 members (excludes halogenated alkanes) is 38. The standard InChI is InChI=1S/C55H108NO11P/c1-3-5-7-9-11-13-15-17-19-20-21-22-23-24-25-26-27-28-29-30-31-33-35-37-39-41-43-45-49(58)56-47(46-66-68(64,65)67-55-53(62)51(60)50(59)52(61)54(55)63)48(57)44-42-40-38-36-34-32-18-16-14-12-10-8-6-4-2/h42,44,47-48,50-55,57,59-63H,3-41,43,45-46H2,1-2H3,(H,56,58)(H,64,65)/b44-42+/t47-,48+,50?,51+,52?,53?,54?,55?/m0/s1. The summed E-state index contributed by atoms with van der Waals surface area (Å²) < 4.78 is 23.0. The predicted molar refractivity (Wildman–Crippen MR) is 278 cm³/mol. The molecule has 0 radical (unpaired) electrons. The Kier molecular flexibility index (Phi) is 42.8. The molecule has 0 aromatic carbocycles. The molecule has 0 bridgehead atoms. The van der Waals surface area contributed by atoms with Crippen LogP contribution in [0.5, 0.6) is 0 Å². The fourth-order valence-electron chi connectivity index (χ4n) is 9.44. The smallest absolute Gasteiger partial charge is 0.387 e. The molecule has 6 unspecified atom stereocenters. The maximum Gasteiger partial charge on any atom is 0.472 e. The summed E-state index contributed by atoms with van der Waals surface area (Å²) >= 11 is 0. The van der Waals surface area contributed by atoms with E-state index in [0.717, 1.165) is 44.9 Å². The second kappa shape index (κ2) is 44.8. The maximum atomic E-state index is 13.0. The Labute approximate surface area is 416 Å². The zero-order valence-corrected chi connectivity index (χ0v) is 44.6. The molecule has 0 heterocycles. The fraction of sp³-hybridized carbons (Fsp3) is 0.945. The van der Waals surface area contributed by atoms with E-state index in [2.05, 4.69) is 19.2 Å². The van der Waals surface area contributed by atoms with Crippen LogP contribution < -0.4 is 5.32 Å². The van der Waals surface area contributed by atoms with Crippen LogP contribution in [0.2, 0.25) is 0 Å². The summed E-state index contributed by atoms with van der Waals surface area (Å²) in [4.78, 5) is 23.5. The molecule has 1 fully saturated rings. The SMILES string of the molecule is CCCCCCCCCCCCCC/C=C/[C@@H](O)[C@H](COP(=O)(O)OC1C(O)C(O)C(O)[C@@H](O)C1O)NC(=O)CCCCCCCCCCCCCCCCCCCCCCCCCCCCC. The molecule has 1 rings (SSSR count). The molecule has 0 spiro atoms. The van der Waals surface area contributed by atoms with Crippen molar-refractivity contribution in [2.45, 2.75) is 326 Å². The molecule has 8 N–H and O–H groups in total. The molecule has 12 nitrogen and oxygen atoms in total. The summed E-state index contributed by atoms with van der Waals surface area (Å²) in [6.07, 6.45) is 41.6. The van der Waals surface area contributed by atoms with E-state index in [-0.39, 0.29) is 12.3 Å². The van der Waals surface area contributed by atoms with E-state index in [1.54, 1.807) is 6.08 Å². The van der Waals surface area contributed by atoms with Crippen molar-refractivity contribution in [2.75, 3.05) is 6.61 Å². The highest BCUT2D eigenvalue weighted by atomic mass is 31.2. The van der Waals surface area contributed by atoms with E-state index < -0.39 is 63.2 Å². The minimum absolute atomic E-state index is 0.219. The Morgan fingerprint density at radius 3 is 1.12 bits per heavy atom. The lowest BCUT2D eigenvalue weighted by Gasteiger charge is -2.41. The van der Waals surface area contributed by atoms with Crippen LogP contribution in [0.4, 0.5) is 0 Å². The van der Waals surface area contributed by atoms with Crippen molar-refractivity contribution in [1.82, 2.24) is 5.32 Å². The van der Waals surface area contributed by atoms with Gasteiger partial charge in [0.2, 0.25) is 5.91 Å². The Morgan fingerprint density at radius 2 is 0.779 bits per heavy atom. The highest BCUT2D eigenvalue weighted by Gasteiger charge is 2.51. The molecule has 68 heavy (non-hydrogen) atoms. The number of rotatable bonds is 49. The fourth-order valence-corrected chi connectivity index (χ4v) is 10.4. The van der Waals surface area contributed by atoms with E-state index in [4.69, 9.17) is 9.05 Å². The average molecular weight is 990 g/mol. The van der Waals surface area contributed by atoms with Crippen LogP contribution in [-0.2, 0) is 18.4 Å². The van der Waals surface area contributed by atoms with E-state index in [0.29, 0.717) is 6.42 Å². The molecule has 1 aliphatic rings. The van der Waals surface area contributed by atoms with Crippen molar-refractivity contribution in [3.05, 3.63) is 12.2 Å². The Balaban J connectivity index is 2.28. The summed E-state index contributed by atoms with van der Waals surface area (Å²) in [6, 6.07) is -1.11. The number of nitrogens with one attached hydrogen (secondary N) is 1. The molecule has 1 saturated carbocycles. The molecule has 404 valence electrons. The lowest BCUT2D eigenvalue weighted by molar-refractivity contribution is -0.220. The van der Waals surface area contributed by atoms with Gasteiger partial charge in [-0.3, -0.25) is 13.8 Å². The summed E-state index contributed by atoms with van der Waals surface area (Å²) in [6.45, 7) is 3.88. The molecule has 1 amide bonds. The van der Waals surface area contributed by atoms with Gasteiger partial charge in [0.25, 0.3) is 0 Å². The van der Waals surface area contributed by atoms with Crippen molar-refractivity contribution in [2.24, 2.45) is 0 Å². The van der Waals surface area contributed by atoms with Crippen LogP contribution in [0, 0.1) is 0 Å². The monoisotopic (exact) mass is 990 g/mol. The molecular weight excluding hydrogens is 882 g/mol. The van der Waals surface area contributed by atoms with Crippen LogP contribution in [0.3, 0.4) is 0 Å². The molecule has 0 aromatic heterocycles. The van der Waals surface area contributed by atoms with Gasteiger partial charge in [0.1, 0.15) is 36.6 Å². The lowest BCUT2D eigenvalue weighted by Crippen LogP contribution is -2.64. The van der Waals surface area contributed by atoms with Gasteiger partial charge in [-0.1, -0.05) is 264 Å². The van der Waals surface area contributed by atoms with Gasteiger partial charge in [0.15, 0.2) is 0 Å². The number of hydrogen-bond acceptors (Lipinski definition) is 10. The van der Waals surface area contributed by atoms with Crippen molar-refractivity contribution < 1.29 is 53.9 Å². The largest absolute Gasteiger partial charge is 0.472 e. The Morgan fingerprint density at radius 1 is 0.485 bits per heavy atom. The van der Waals surface area contributed by atoms with E-state index in [1.807, 2.05) is 6.08 Å². The molecule has 0 aromatic rings. The second-order valence-electron chi connectivity index (χ2n) is 20.5. The number of phosphoric ester groups is 1. The second-order valence-corrected chi connectivity index (χ2v) is 21.9. The number of phosphoric acid groups is 1. The minimum atomic E-state index is -5.08. The molecule has 13 heteroatoms. The number of carbonyl (C=O) groups excluding carboxylic acids is 1. The first-order valence-electron chi connectivity index (χ1n) is 28.6. The molecule has 1 aliphatic carbocycles. The van der Waals surface area contributed by atoms with Gasteiger partial charge in [0.05, 0.1) is 18.8 Å². The Bertz CT molecular complexity index is 1200. The Hall–Kier alpha value is -0.920. The van der Waals surface area contributed by atoms with E-state index in [1.165, 1.54) is 205 Å². The van der Waals surface area contributed by atoms with Gasteiger partial charge in [-0.15, -0.1) is 0 Å². The van der Waals surface area contributed by atoms with Gasteiger partial charge in [-0.05, 0) is 19.3 Å². The first-order chi connectivity index (χ1) is 32.9. The zero-order chi connectivity index (χ0) is 49.9. The van der Waals surface area contributed by atoms with Crippen LogP contribution in [0.25, 0.3) is 0 Å². The number of amides is 1. The van der Waals surface area contributed by atoms with Gasteiger partial charge < -0.3 is 40.8 Å². The lowest BCUT2D eigenvalue weighted by atomic mass is 9.85. The van der Waals surface area contributed by atoms with Gasteiger partial charge >= 0.3 is 7.82 Å². The number of aliphatic hydroxyl groups excluding tert-OH is 6. The van der Waals surface area contributed by atoms with Crippen molar-refractivity contribution >= 4 is 13.7 Å². The van der Waals surface area contributed by atoms with Crippen LogP contribution >= 0.6 is 7.82 Å². The molecular formula is C55H108NO11P. The maximum absolute atomic E-state index is 13.0. The van der Waals surface area contributed by atoms with Gasteiger partial charge in [-0.25, -0.2) is 4.57 Å². The van der Waals surface area contributed by atoms with Gasteiger partial charge in [-0.2, -0.15) is 0 Å². The third kappa shape index (κ3) is 35.2. The third-order valence-corrected chi connectivity index (χ3v) is 15.1. The molecule has 0 aliphatic heterocycles.